The Morgan fingerprint density at radius 3 is 2.57 bits per heavy atom. The van der Waals surface area contributed by atoms with Gasteiger partial charge < -0.3 is 10.0 Å². The highest BCUT2D eigenvalue weighted by Crippen LogP contribution is 2.20. The third-order valence-electron chi connectivity index (χ3n) is 3.12. The fraction of sp³-hybridized carbons (Fsp3) is 0.462. The van der Waals surface area contributed by atoms with Crippen molar-refractivity contribution < 1.29 is 18.3 Å². The standard InChI is InChI=1S/C13H19BrN2O4S/c1-9(2)16(3)7-6-15-21(19,20)10-4-5-12(14)11(8-10)13(17)18/h4-5,8-9,15H,6-7H2,1-3H3,(H,17,18). The summed E-state index contributed by atoms with van der Waals surface area (Å²) in [7, 11) is -1.81. The Morgan fingerprint density at radius 2 is 2.05 bits per heavy atom. The molecular weight excluding hydrogens is 360 g/mol. The molecule has 0 amide bonds. The zero-order chi connectivity index (χ0) is 16.2. The number of nitrogens with one attached hydrogen (secondary N) is 1. The second-order valence-corrected chi connectivity index (χ2v) is 7.54. The molecule has 0 saturated heterocycles. The highest BCUT2D eigenvalue weighted by Gasteiger charge is 2.18. The van der Waals surface area contributed by atoms with E-state index < -0.39 is 16.0 Å². The number of aromatic carboxylic acids is 1. The predicted molar refractivity (Wildman–Crippen MR) is 84.1 cm³/mol. The molecule has 0 aliphatic heterocycles. The second-order valence-electron chi connectivity index (χ2n) is 4.92. The molecule has 0 unspecified atom stereocenters. The largest absolute Gasteiger partial charge is 0.478 e. The van der Waals surface area contributed by atoms with Crippen molar-refractivity contribution in [1.82, 2.24) is 9.62 Å². The molecule has 0 aromatic heterocycles. The molecule has 21 heavy (non-hydrogen) atoms. The first kappa shape index (κ1) is 18.1. The average molecular weight is 379 g/mol. The average Bonchev–Trinajstić information content (AvgIpc) is 2.38. The Balaban J connectivity index is 2.84. The molecule has 8 heteroatoms. The van der Waals surface area contributed by atoms with Crippen molar-refractivity contribution in [2.24, 2.45) is 0 Å². The van der Waals surface area contributed by atoms with Crippen molar-refractivity contribution in [1.29, 1.82) is 0 Å². The van der Waals surface area contributed by atoms with E-state index in [-0.39, 0.29) is 17.0 Å². The van der Waals surface area contributed by atoms with E-state index in [4.69, 9.17) is 5.11 Å². The molecule has 1 aromatic rings. The van der Waals surface area contributed by atoms with Crippen molar-refractivity contribution in [2.45, 2.75) is 24.8 Å². The van der Waals surface area contributed by atoms with Crippen LogP contribution in [0.15, 0.2) is 27.6 Å². The summed E-state index contributed by atoms with van der Waals surface area (Å²) in [6.45, 7) is 4.86. The van der Waals surface area contributed by atoms with Crippen LogP contribution >= 0.6 is 15.9 Å². The van der Waals surface area contributed by atoms with Crippen LogP contribution in [0.4, 0.5) is 0 Å². The summed E-state index contributed by atoms with van der Waals surface area (Å²) < 4.78 is 27.1. The van der Waals surface area contributed by atoms with Gasteiger partial charge in [-0.1, -0.05) is 0 Å². The molecule has 0 fully saturated rings. The van der Waals surface area contributed by atoms with Crippen LogP contribution in [0.1, 0.15) is 24.2 Å². The summed E-state index contributed by atoms with van der Waals surface area (Å²) in [4.78, 5) is 13.0. The van der Waals surface area contributed by atoms with Gasteiger partial charge in [-0.15, -0.1) is 0 Å². The third-order valence-corrected chi connectivity index (χ3v) is 5.27. The minimum absolute atomic E-state index is 0.0599. The number of nitrogens with zero attached hydrogens (tertiary/aromatic N) is 1. The Labute approximate surface area is 133 Å². The minimum atomic E-state index is -3.72. The molecule has 1 rings (SSSR count). The summed E-state index contributed by atoms with van der Waals surface area (Å²) >= 11 is 3.08. The molecule has 0 heterocycles. The number of carbonyl (C=O) groups is 1. The summed E-state index contributed by atoms with van der Waals surface area (Å²) in [5.41, 5.74) is -0.0860. The van der Waals surface area contributed by atoms with Gasteiger partial charge in [0.2, 0.25) is 10.0 Å². The molecule has 0 saturated carbocycles. The summed E-state index contributed by atoms with van der Waals surface area (Å²) in [5, 5.41) is 9.01. The van der Waals surface area contributed by atoms with Crippen LogP contribution in [0, 0.1) is 0 Å². The number of halogens is 1. The number of carboxylic acid groups (broad SMARTS) is 1. The zero-order valence-electron chi connectivity index (χ0n) is 12.1. The number of benzene rings is 1. The van der Waals surface area contributed by atoms with E-state index in [0.717, 1.165) is 6.07 Å². The molecular formula is C13H19BrN2O4S. The molecule has 0 bridgehead atoms. The van der Waals surface area contributed by atoms with Crippen molar-refractivity contribution in [2.75, 3.05) is 20.1 Å². The molecule has 0 aliphatic carbocycles. The number of hydrogen-bond acceptors (Lipinski definition) is 4. The number of rotatable bonds is 7. The lowest BCUT2D eigenvalue weighted by Gasteiger charge is -2.20. The van der Waals surface area contributed by atoms with Gasteiger partial charge in [-0.2, -0.15) is 0 Å². The maximum Gasteiger partial charge on any atom is 0.336 e. The summed E-state index contributed by atoms with van der Waals surface area (Å²) in [6, 6.07) is 4.24. The lowest BCUT2D eigenvalue weighted by atomic mass is 10.2. The highest BCUT2D eigenvalue weighted by molar-refractivity contribution is 9.10. The second kappa shape index (κ2) is 7.35. The summed E-state index contributed by atoms with van der Waals surface area (Å²) in [6.07, 6.45) is 0. The maximum absolute atomic E-state index is 12.1. The van der Waals surface area contributed by atoms with E-state index in [0.29, 0.717) is 17.1 Å². The minimum Gasteiger partial charge on any atom is -0.478 e. The van der Waals surface area contributed by atoms with E-state index >= 15 is 0 Å². The van der Waals surface area contributed by atoms with Gasteiger partial charge in [0.15, 0.2) is 0 Å². The Hall–Kier alpha value is -0.960. The zero-order valence-corrected chi connectivity index (χ0v) is 14.5. The van der Waals surface area contributed by atoms with Crippen molar-refractivity contribution in [3.8, 4) is 0 Å². The Kier molecular flexibility index (Phi) is 6.33. The first-order valence-corrected chi connectivity index (χ1v) is 8.65. The SMILES string of the molecule is CC(C)N(C)CCNS(=O)(=O)c1ccc(Br)c(C(=O)O)c1. The Morgan fingerprint density at radius 1 is 1.43 bits per heavy atom. The monoisotopic (exact) mass is 378 g/mol. The maximum atomic E-state index is 12.1. The highest BCUT2D eigenvalue weighted by atomic mass is 79.9. The lowest BCUT2D eigenvalue weighted by Crippen LogP contribution is -2.36. The lowest BCUT2D eigenvalue weighted by molar-refractivity contribution is 0.0695. The van der Waals surface area contributed by atoms with Gasteiger partial charge in [0, 0.05) is 23.6 Å². The third kappa shape index (κ3) is 5.06. The van der Waals surface area contributed by atoms with Gasteiger partial charge in [0.25, 0.3) is 0 Å². The smallest absolute Gasteiger partial charge is 0.336 e. The van der Waals surface area contributed by atoms with Crippen LogP contribution in [0.2, 0.25) is 0 Å². The van der Waals surface area contributed by atoms with Gasteiger partial charge in [-0.05, 0) is 55.0 Å². The van der Waals surface area contributed by atoms with Gasteiger partial charge in [0.05, 0.1) is 10.5 Å². The van der Waals surface area contributed by atoms with Crippen molar-refractivity contribution in [3.63, 3.8) is 0 Å². The molecule has 1 aromatic carbocycles. The van der Waals surface area contributed by atoms with E-state index in [1.54, 1.807) is 0 Å². The molecule has 0 radical (unpaired) electrons. The molecule has 6 nitrogen and oxygen atoms in total. The number of likely N-dealkylation sites (N-methyl/N-ethyl adjacent to an activating group) is 1. The Bertz CT molecular complexity index is 617. The van der Waals surface area contributed by atoms with Crippen LogP contribution in [0.25, 0.3) is 0 Å². The quantitative estimate of drug-likeness (QED) is 0.754. The fourth-order valence-corrected chi connectivity index (χ4v) is 3.00. The molecule has 2 N–H and O–H groups in total. The van der Waals surface area contributed by atoms with Crippen LogP contribution < -0.4 is 4.72 Å². The van der Waals surface area contributed by atoms with Gasteiger partial charge in [0.1, 0.15) is 0 Å². The van der Waals surface area contributed by atoms with E-state index in [9.17, 15) is 13.2 Å². The van der Waals surface area contributed by atoms with Crippen LogP contribution in [0.3, 0.4) is 0 Å². The molecule has 0 aliphatic rings. The topological polar surface area (TPSA) is 86.7 Å². The van der Waals surface area contributed by atoms with Gasteiger partial charge in [-0.25, -0.2) is 17.9 Å². The van der Waals surface area contributed by atoms with E-state index in [1.165, 1.54) is 12.1 Å². The van der Waals surface area contributed by atoms with E-state index in [2.05, 4.69) is 20.7 Å². The predicted octanol–water partition coefficient (Wildman–Crippen LogP) is 1.77. The number of hydrogen-bond donors (Lipinski definition) is 2. The van der Waals surface area contributed by atoms with Gasteiger partial charge in [-0.3, -0.25) is 0 Å². The summed E-state index contributed by atoms with van der Waals surface area (Å²) in [5.74, 6) is -1.18. The van der Waals surface area contributed by atoms with E-state index in [1.807, 2.05) is 25.8 Å². The molecule has 0 spiro atoms. The van der Waals surface area contributed by atoms with Crippen LogP contribution in [-0.4, -0.2) is 50.6 Å². The number of sulfonamides is 1. The van der Waals surface area contributed by atoms with Crippen LogP contribution in [-0.2, 0) is 10.0 Å². The number of carboxylic acids is 1. The first-order chi connectivity index (χ1) is 9.65. The first-order valence-electron chi connectivity index (χ1n) is 6.38. The van der Waals surface area contributed by atoms with Crippen molar-refractivity contribution >= 4 is 31.9 Å². The molecule has 0 atom stereocenters. The fourth-order valence-electron chi connectivity index (χ4n) is 1.53. The van der Waals surface area contributed by atoms with Crippen LogP contribution in [0.5, 0.6) is 0 Å². The van der Waals surface area contributed by atoms with Gasteiger partial charge >= 0.3 is 5.97 Å². The molecule has 118 valence electrons. The normalized spacial score (nSPS) is 12.1. The van der Waals surface area contributed by atoms with Crippen molar-refractivity contribution in [3.05, 3.63) is 28.2 Å².